The maximum atomic E-state index is 12.1. The van der Waals surface area contributed by atoms with Gasteiger partial charge in [-0.1, -0.05) is 23.8 Å². The zero-order valence-electron chi connectivity index (χ0n) is 9.97. The van der Waals surface area contributed by atoms with Crippen LogP contribution in [0.15, 0.2) is 47.4 Å². The molecule has 4 heteroatoms. The standard InChI is InChI=1S/C14H13NO2S/c1-10-2-6-14(7-3-10)18(16,17)15-13-5-4-11-8-12(11)9-13/h2-7,9,15H,8H2,1H3. The molecule has 0 radical (unpaired) electrons. The van der Waals surface area contributed by atoms with E-state index in [-0.39, 0.29) is 4.90 Å². The van der Waals surface area contributed by atoms with Crippen molar-refractivity contribution in [2.45, 2.75) is 18.2 Å². The van der Waals surface area contributed by atoms with Gasteiger partial charge in [-0.05, 0) is 48.7 Å². The quantitative estimate of drug-likeness (QED) is 0.786. The summed E-state index contributed by atoms with van der Waals surface area (Å²) < 4.78 is 26.9. The molecule has 0 aliphatic heterocycles. The van der Waals surface area contributed by atoms with E-state index >= 15 is 0 Å². The molecule has 0 spiro atoms. The predicted octanol–water partition coefficient (Wildman–Crippen LogP) is 2.70. The smallest absolute Gasteiger partial charge is 0.261 e. The number of nitrogens with one attached hydrogen (secondary N) is 1. The van der Waals surface area contributed by atoms with E-state index < -0.39 is 10.0 Å². The van der Waals surface area contributed by atoms with Crippen molar-refractivity contribution in [1.82, 2.24) is 0 Å². The van der Waals surface area contributed by atoms with Gasteiger partial charge in [0.1, 0.15) is 0 Å². The Bertz CT molecular complexity index is 703. The summed E-state index contributed by atoms with van der Waals surface area (Å²) in [5.41, 5.74) is 4.19. The van der Waals surface area contributed by atoms with Crippen LogP contribution in [0.4, 0.5) is 5.69 Å². The Balaban J connectivity index is 1.89. The molecule has 1 N–H and O–H groups in total. The first-order valence-electron chi connectivity index (χ1n) is 5.76. The van der Waals surface area contributed by atoms with E-state index in [4.69, 9.17) is 0 Å². The van der Waals surface area contributed by atoms with Crippen molar-refractivity contribution in [2.24, 2.45) is 0 Å². The average Bonchev–Trinajstić information content (AvgIpc) is 3.07. The van der Waals surface area contributed by atoms with Gasteiger partial charge in [0, 0.05) is 5.69 Å². The molecule has 0 saturated heterocycles. The highest BCUT2D eigenvalue weighted by atomic mass is 32.2. The van der Waals surface area contributed by atoms with Crippen molar-refractivity contribution < 1.29 is 8.42 Å². The van der Waals surface area contributed by atoms with Crippen molar-refractivity contribution in [1.29, 1.82) is 0 Å². The minimum absolute atomic E-state index is 0.290. The SMILES string of the molecule is Cc1ccc(S(=O)(=O)Nc2ccc3c(c2)C3)cc1. The molecule has 0 aromatic heterocycles. The van der Waals surface area contributed by atoms with Crippen molar-refractivity contribution in [3.8, 4) is 0 Å². The summed E-state index contributed by atoms with van der Waals surface area (Å²) in [7, 11) is -3.47. The van der Waals surface area contributed by atoms with Gasteiger partial charge in [0.05, 0.1) is 4.90 Å². The minimum Gasteiger partial charge on any atom is -0.280 e. The van der Waals surface area contributed by atoms with Crippen molar-refractivity contribution in [3.63, 3.8) is 0 Å². The van der Waals surface area contributed by atoms with Crippen molar-refractivity contribution >= 4 is 15.7 Å². The molecule has 0 heterocycles. The summed E-state index contributed by atoms with van der Waals surface area (Å²) in [6, 6.07) is 12.5. The number of fused-ring (bicyclic) bond motifs is 1. The lowest BCUT2D eigenvalue weighted by molar-refractivity contribution is 0.601. The van der Waals surface area contributed by atoms with Gasteiger partial charge >= 0.3 is 0 Å². The minimum atomic E-state index is -3.47. The molecule has 92 valence electrons. The van der Waals surface area contributed by atoms with Crippen LogP contribution < -0.4 is 4.72 Å². The van der Waals surface area contributed by atoms with E-state index in [9.17, 15) is 8.42 Å². The molecule has 1 aliphatic rings. The van der Waals surface area contributed by atoms with Crippen LogP contribution in [0.5, 0.6) is 0 Å². The summed E-state index contributed by atoms with van der Waals surface area (Å²) in [6.45, 7) is 1.93. The van der Waals surface area contributed by atoms with Crippen LogP contribution in [0.25, 0.3) is 0 Å². The number of rotatable bonds is 3. The van der Waals surface area contributed by atoms with Crippen molar-refractivity contribution in [2.75, 3.05) is 4.72 Å². The second-order valence-corrected chi connectivity index (χ2v) is 6.26. The van der Waals surface area contributed by atoms with Crippen LogP contribution in [0.2, 0.25) is 0 Å². The molecule has 0 bridgehead atoms. The Morgan fingerprint density at radius 2 is 1.72 bits per heavy atom. The topological polar surface area (TPSA) is 46.2 Å². The number of benzene rings is 2. The second kappa shape index (κ2) is 3.85. The lowest BCUT2D eigenvalue weighted by Crippen LogP contribution is -2.12. The number of sulfonamides is 1. The molecule has 0 unspecified atom stereocenters. The highest BCUT2D eigenvalue weighted by Gasteiger charge is 2.19. The fourth-order valence-electron chi connectivity index (χ4n) is 1.89. The van der Waals surface area contributed by atoms with Gasteiger partial charge in [-0.25, -0.2) is 8.42 Å². The fourth-order valence-corrected chi connectivity index (χ4v) is 2.94. The van der Waals surface area contributed by atoms with Crippen LogP contribution in [0.1, 0.15) is 16.7 Å². The predicted molar refractivity (Wildman–Crippen MR) is 71.2 cm³/mol. The van der Waals surface area contributed by atoms with E-state index in [0.29, 0.717) is 5.69 Å². The van der Waals surface area contributed by atoms with E-state index in [1.807, 2.05) is 19.1 Å². The Hall–Kier alpha value is -1.81. The first-order chi connectivity index (χ1) is 8.54. The van der Waals surface area contributed by atoms with Crippen LogP contribution >= 0.6 is 0 Å². The van der Waals surface area contributed by atoms with Gasteiger partial charge in [0.25, 0.3) is 10.0 Å². The van der Waals surface area contributed by atoms with Gasteiger partial charge in [-0.2, -0.15) is 0 Å². The second-order valence-electron chi connectivity index (χ2n) is 4.58. The third kappa shape index (κ3) is 2.11. The molecule has 2 aromatic rings. The first-order valence-corrected chi connectivity index (χ1v) is 7.24. The number of hydrogen-bond donors (Lipinski definition) is 1. The van der Waals surface area contributed by atoms with Crippen LogP contribution in [-0.2, 0) is 16.4 Å². The zero-order chi connectivity index (χ0) is 12.8. The average molecular weight is 259 g/mol. The van der Waals surface area contributed by atoms with Gasteiger partial charge in [-0.3, -0.25) is 4.72 Å². The van der Waals surface area contributed by atoms with Gasteiger partial charge in [-0.15, -0.1) is 0 Å². The Morgan fingerprint density at radius 3 is 2.39 bits per heavy atom. The molecular weight excluding hydrogens is 246 g/mol. The summed E-state index contributed by atoms with van der Waals surface area (Å²) in [6.07, 6.45) is 0.978. The van der Waals surface area contributed by atoms with Crippen LogP contribution in [-0.4, -0.2) is 8.42 Å². The maximum absolute atomic E-state index is 12.1. The molecule has 0 fully saturated rings. The third-order valence-electron chi connectivity index (χ3n) is 3.05. The summed E-state index contributed by atoms with van der Waals surface area (Å²) in [4.78, 5) is 0.290. The Morgan fingerprint density at radius 1 is 1.00 bits per heavy atom. The maximum Gasteiger partial charge on any atom is 0.261 e. The molecular formula is C14H13NO2S. The first kappa shape index (κ1) is 11.3. The van der Waals surface area contributed by atoms with Crippen LogP contribution in [0, 0.1) is 6.92 Å². The molecule has 18 heavy (non-hydrogen) atoms. The summed E-state index contributed by atoms with van der Waals surface area (Å²) >= 11 is 0. The lowest BCUT2D eigenvalue weighted by Gasteiger charge is -2.07. The summed E-state index contributed by atoms with van der Waals surface area (Å²) in [5, 5.41) is 0. The number of hydrogen-bond acceptors (Lipinski definition) is 2. The highest BCUT2D eigenvalue weighted by molar-refractivity contribution is 7.92. The van der Waals surface area contributed by atoms with E-state index in [0.717, 1.165) is 12.0 Å². The van der Waals surface area contributed by atoms with E-state index in [1.165, 1.54) is 11.1 Å². The van der Waals surface area contributed by atoms with Gasteiger partial charge < -0.3 is 0 Å². The van der Waals surface area contributed by atoms with Crippen LogP contribution in [0.3, 0.4) is 0 Å². The number of anilines is 1. The van der Waals surface area contributed by atoms with Crippen molar-refractivity contribution in [3.05, 3.63) is 59.2 Å². The van der Waals surface area contributed by atoms with Gasteiger partial charge in [0.2, 0.25) is 0 Å². The molecule has 0 atom stereocenters. The monoisotopic (exact) mass is 259 g/mol. The third-order valence-corrected chi connectivity index (χ3v) is 4.44. The summed E-state index contributed by atoms with van der Waals surface area (Å²) in [5.74, 6) is 0. The molecule has 1 aliphatic carbocycles. The van der Waals surface area contributed by atoms with E-state index in [1.54, 1.807) is 30.3 Å². The molecule has 3 nitrogen and oxygen atoms in total. The number of aryl methyl sites for hydroxylation is 1. The van der Waals surface area contributed by atoms with Gasteiger partial charge in [0.15, 0.2) is 0 Å². The van der Waals surface area contributed by atoms with E-state index in [2.05, 4.69) is 4.72 Å². The molecule has 0 saturated carbocycles. The fraction of sp³-hybridized carbons (Fsp3) is 0.143. The normalized spacial score (nSPS) is 12.9. The lowest BCUT2D eigenvalue weighted by atomic mass is 10.2. The molecule has 2 aromatic carbocycles. The Labute approximate surface area is 107 Å². The Kier molecular flexibility index (Phi) is 2.41. The largest absolute Gasteiger partial charge is 0.280 e. The zero-order valence-corrected chi connectivity index (χ0v) is 10.8. The molecule has 3 rings (SSSR count). The highest BCUT2D eigenvalue weighted by Crippen LogP contribution is 2.31. The molecule has 0 amide bonds.